The highest BCUT2D eigenvalue weighted by Crippen LogP contribution is 2.48. The van der Waals surface area contributed by atoms with Gasteiger partial charge in [0.15, 0.2) is 0 Å². The van der Waals surface area contributed by atoms with Crippen LogP contribution >= 0.6 is 11.3 Å². The molecule has 0 amide bonds. The van der Waals surface area contributed by atoms with Gasteiger partial charge < -0.3 is 4.74 Å². The van der Waals surface area contributed by atoms with Gasteiger partial charge in [-0.3, -0.25) is 0 Å². The Morgan fingerprint density at radius 3 is 2.05 bits per heavy atom. The summed E-state index contributed by atoms with van der Waals surface area (Å²) in [5.41, 5.74) is 7.37. The lowest BCUT2D eigenvalue weighted by atomic mass is 9.92. The average Bonchev–Trinajstić information content (AvgIpc) is 3.55. The quantitative estimate of drug-likeness (QED) is 0.198. The fourth-order valence-electron chi connectivity index (χ4n) is 6.56. The van der Waals surface area contributed by atoms with Crippen LogP contribution in [-0.4, -0.2) is 0 Å². The summed E-state index contributed by atoms with van der Waals surface area (Å²) in [5.74, 6) is 1.84. The minimum Gasteiger partial charge on any atom is -0.456 e. The molecule has 0 aliphatic carbocycles. The van der Waals surface area contributed by atoms with Crippen molar-refractivity contribution in [2.75, 3.05) is 0 Å². The predicted molar refractivity (Wildman–Crippen MR) is 179 cm³/mol. The van der Waals surface area contributed by atoms with Crippen molar-refractivity contribution < 1.29 is 4.74 Å². The Bertz CT molecular complexity index is 2340. The number of rotatable bonds is 3. The molecule has 8 aromatic rings. The van der Waals surface area contributed by atoms with E-state index in [0.717, 1.165) is 17.1 Å². The molecule has 0 radical (unpaired) electrons. The maximum absolute atomic E-state index is 6.34. The number of benzene rings is 7. The fraction of sp³-hybridized carbons (Fsp3) is 0. The van der Waals surface area contributed by atoms with Crippen molar-refractivity contribution in [3.8, 4) is 54.6 Å². The second kappa shape index (κ2) is 9.17. The topological polar surface area (TPSA) is 9.23 Å². The summed E-state index contributed by atoms with van der Waals surface area (Å²) >= 11 is 1.84. The van der Waals surface area contributed by atoms with Gasteiger partial charge in [0, 0.05) is 20.7 Å². The van der Waals surface area contributed by atoms with Gasteiger partial charge in [-0.15, -0.1) is 11.3 Å². The minimum absolute atomic E-state index is 0.913. The first-order chi connectivity index (χ1) is 20.8. The summed E-state index contributed by atoms with van der Waals surface area (Å²) in [6.07, 6.45) is 0. The lowest BCUT2D eigenvalue weighted by molar-refractivity contribution is 0.487. The first kappa shape index (κ1) is 23.5. The highest BCUT2D eigenvalue weighted by atomic mass is 32.1. The van der Waals surface area contributed by atoms with Gasteiger partial charge in [0.1, 0.15) is 11.5 Å². The lowest BCUT2D eigenvalue weighted by Gasteiger charge is -2.21. The number of thiophene rings is 1. The smallest absolute Gasteiger partial charge is 0.135 e. The Labute approximate surface area is 247 Å². The number of ether oxygens (including phenoxy) is 1. The van der Waals surface area contributed by atoms with E-state index in [0.29, 0.717) is 0 Å². The molecule has 0 unspecified atom stereocenters. The van der Waals surface area contributed by atoms with Crippen LogP contribution in [0, 0.1) is 0 Å². The molecule has 0 saturated heterocycles. The summed E-state index contributed by atoms with van der Waals surface area (Å²) in [5, 5.41) is 7.53. The van der Waals surface area contributed by atoms with Gasteiger partial charge in [0.25, 0.3) is 0 Å². The average molecular weight is 553 g/mol. The van der Waals surface area contributed by atoms with Crippen LogP contribution < -0.4 is 4.74 Å². The first-order valence-corrected chi connectivity index (χ1v) is 15.1. The van der Waals surface area contributed by atoms with Crippen molar-refractivity contribution in [2.45, 2.75) is 0 Å². The Balaban J connectivity index is 1.16. The molecule has 1 aliphatic heterocycles. The zero-order chi connectivity index (χ0) is 27.6. The molecule has 9 rings (SSSR count). The van der Waals surface area contributed by atoms with Crippen LogP contribution in [-0.2, 0) is 0 Å². The van der Waals surface area contributed by atoms with Crippen LogP contribution in [0.4, 0.5) is 0 Å². The minimum atomic E-state index is 0.913. The Hall–Kier alpha value is -5.18. The van der Waals surface area contributed by atoms with Crippen LogP contribution in [0.25, 0.3) is 75.5 Å². The molecule has 7 aromatic carbocycles. The van der Waals surface area contributed by atoms with Crippen LogP contribution in [0.2, 0.25) is 0 Å². The molecule has 0 N–H and O–H groups in total. The van der Waals surface area contributed by atoms with E-state index in [1.165, 1.54) is 69.9 Å². The predicted octanol–water partition coefficient (Wildman–Crippen LogP) is 12.0. The maximum atomic E-state index is 6.34. The van der Waals surface area contributed by atoms with Gasteiger partial charge in [-0.2, -0.15) is 0 Å². The number of hydrogen-bond donors (Lipinski definition) is 0. The second-order valence-corrected chi connectivity index (χ2v) is 12.0. The van der Waals surface area contributed by atoms with E-state index in [1.54, 1.807) is 0 Å². The van der Waals surface area contributed by atoms with Gasteiger partial charge in [-0.25, -0.2) is 0 Å². The molecule has 1 nitrogen and oxygen atoms in total. The summed E-state index contributed by atoms with van der Waals surface area (Å²) in [4.78, 5) is 2.51. The van der Waals surface area contributed by atoms with Crippen LogP contribution in [0.5, 0.6) is 11.5 Å². The third-order valence-corrected chi connectivity index (χ3v) is 9.68. The lowest BCUT2D eigenvalue weighted by Crippen LogP contribution is -1.97. The molecule has 1 aromatic heterocycles. The largest absolute Gasteiger partial charge is 0.456 e. The third-order valence-electron chi connectivity index (χ3n) is 8.52. The van der Waals surface area contributed by atoms with Crippen molar-refractivity contribution >= 4 is 43.7 Å². The molecule has 196 valence electrons. The number of fused-ring (bicyclic) bond motifs is 5. The normalized spacial score (nSPS) is 12.0. The summed E-state index contributed by atoms with van der Waals surface area (Å²) in [7, 11) is 0. The molecule has 0 atom stereocenters. The zero-order valence-corrected chi connectivity index (χ0v) is 23.5. The monoisotopic (exact) mass is 552 g/mol. The van der Waals surface area contributed by atoms with E-state index in [4.69, 9.17) is 4.74 Å². The van der Waals surface area contributed by atoms with Crippen LogP contribution in [0.15, 0.2) is 146 Å². The standard InChI is InChI=1S/C40H24OS/c1-2-11-28-25(8-1)18-20-32-29(28)14-7-15-30(32)31-12-3-4-13-33(31)39-23-22-38(42-39)27-19-21-36-35(24-27)34-16-5-9-26-10-6-17-37(41-36)40(26)34/h1-24H. The zero-order valence-electron chi connectivity index (χ0n) is 22.7. The van der Waals surface area contributed by atoms with Gasteiger partial charge in [-0.05, 0) is 91.1 Å². The molecule has 2 heterocycles. The molecule has 1 aliphatic rings. The SMILES string of the molecule is c1ccc(-c2cccc3c2ccc2ccccc23)c(-c2ccc(-c3ccc4c(c3)-c3cccc5cccc(c35)O4)s2)c1. The molecule has 0 fully saturated rings. The van der Waals surface area contributed by atoms with Crippen LogP contribution in [0.1, 0.15) is 0 Å². The summed E-state index contributed by atoms with van der Waals surface area (Å²) in [6.45, 7) is 0. The summed E-state index contributed by atoms with van der Waals surface area (Å²) in [6, 6.07) is 52.6. The van der Waals surface area contributed by atoms with Crippen LogP contribution in [0.3, 0.4) is 0 Å². The Morgan fingerprint density at radius 1 is 0.381 bits per heavy atom. The van der Waals surface area contributed by atoms with Gasteiger partial charge in [0.05, 0.1) is 0 Å². The molecule has 2 heteroatoms. The van der Waals surface area contributed by atoms with E-state index in [1.807, 2.05) is 11.3 Å². The fourth-order valence-corrected chi connectivity index (χ4v) is 7.60. The van der Waals surface area contributed by atoms with Crippen molar-refractivity contribution in [1.29, 1.82) is 0 Å². The maximum Gasteiger partial charge on any atom is 0.135 e. The Kier molecular flexibility index (Phi) is 5.13. The van der Waals surface area contributed by atoms with Crippen molar-refractivity contribution in [3.63, 3.8) is 0 Å². The summed E-state index contributed by atoms with van der Waals surface area (Å²) < 4.78 is 6.34. The van der Waals surface area contributed by atoms with Gasteiger partial charge in [-0.1, -0.05) is 109 Å². The van der Waals surface area contributed by atoms with E-state index >= 15 is 0 Å². The highest BCUT2D eigenvalue weighted by molar-refractivity contribution is 7.18. The molecule has 0 bridgehead atoms. The van der Waals surface area contributed by atoms with Crippen molar-refractivity contribution in [2.24, 2.45) is 0 Å². The Morgan fingerprint density at radius 2 is 1.10 bits per heavy atom. The van der Waals surface area contributed by atoms with E-state index in [2.05, 4.69) is 146 Å². The molecular weight excluding hydrogens is 529 g/mol. The third kappa shape index (κ3) is 3.56. The molecule has 0 spiro atoms. The first-order valence-electron chi connectivity index (χ1n) is 14.3. The van der Waals surface area contributed by atoms with E-state index in [9.17, 15) is 0 Å². The number of hydrogen-bond acceptors (Lipinski definition) is 2. The molecular formula is C40H24OS. The van der Waals surface area contributed by atoms with Crippen molar-refractivity contribution in [1.82, 2.24) is 0 Å². The van der Waals surface area contributed by atoms with Crippen molar-refractivity contribution in [3.05, 3.63) is 146 Å². The van der Waals surface area contributed by atoms with Gasteiger partial charge >= 0.3 is 0 Å². The molecule has 0 saturated carbocycles. The van der Waals surface area contributed by atoms with Gasteiger partial charge in [0.2, 0.25) is 0 Å². The second-order valence-electron chi connectivity index (χ2n) is 10.9. The van der Waals surface area contributed by atoms with E-state index in [-0.39, 0.29) is 0 Å². The van der Waals surface area contributed by atoms with E-state index < -0.39 is 0 Å². The molecule has 42 heavy (non-hydrogen) atoms. The highest BCUT2D eigenvalue weighted by Gasteiger charge is 2.21.